The summed E-state index contributed by atoms with van der Waals surface area (Å²) in [5, 5.41) is 19.7. The number of oxime groups is 1. The Bertz CT molecular complexity index is 1120. The molecular formula is C21H27N5O8S3. The first-order chi connectivity index (χ1) is 17.3. The third-order valence-electron chi connectivity index (χ3n) is 5.31. The van der Waals surface area contributed by atoms with Crippen LogP contribution >= 0.6 is 34.9 Å². The van der Waals surface area contributed by atoms with E-state index in [0.29, 0.717) is 6.41 Å². The van der Waals surface area contributed by atoms with Crippen LogP contribution in [0.5, 0.6) is 0 Å². The van der Waals surface area contributed by atoms with E-state index in [2.05, 4.69) is 20.8 Å². The van der Waals surface area contributed by atoms with Gasteiger partial charge in [0.2, 0.25) is 18.4 Å². The second-order valence-electron chi connectivity index (χ2n) is 9.14. The molecule has 3 unspecified atom stereocenters. The van der Waals surface area contributed by atoms with E-state index in [4.69, 9.17) is 9.57 Å². The summed E-state index contributed by atoms with van der Waals surface area (Å²) in [5.41, 5.74) is -1.02. The lowest BCUT2D eigenvalue weighted by atomic mass is 10.0. The molecule has 37 heavy (non-hydrogen) atoms. The number of ether oxygens (including phenoxy) is 1. The standard InChI is InChI=1S/C21H27N5O8S3/c1-10(17(30)33-20(2,3)4)34-25-12(11-6-36-19(23-11)22-9-27)14(28)24-13-15(29)26-7-21(35-5,18(31)32)8-37-16(13)26/h6,9-10,13,16H,7-8H2,1-5H3,(H,24,28)(H,31,32)(H,22,23,27)/t10?,13?,16-,21?/m1/s1. The molecule has 0 radical (unpaired) electrons. The van der Waals surface area contributed by atoms with Gasteiger partial charge in [0.25, 0.3) is 5.91 Å². The number of hydrogen-bond acceptors (Lipinski definition) is 12. The minimum absolute atomic E-state index is 0.0244. The number of fused-ring (bicyclic) bond motifs is 1. The number of aromatic nitrogens is 1. The number of rotatable bonds is 10. The van der Waals surface area contributed by atoms with Crippen LogP contribution in [-0.2, 0) is 33.5 Å². The van der Waals surface area contributed by atoms with Crippen LogP contribution in [0, 0.1) is 0 Å². The summed E-state index contributed by atoms with van der Waals surface area (Å²) in [7, 11) is 0. The van der Waals surface area contributed by atoms with Crippen molar-refractivity contribution in [1.82, 2.24) is 15.2 Å². The van der Waals surface area contributed by atoms with E-state index in [1.165, 1.54) is 40.7 Å². The largest absolute Gasteiger partial charge is 0.480 e. The Morgan fingerprint density at radius 1 is 1.41 bits per heavy atom. The van der Waals surface area contributed by atoms with Crippen LogP contribution in [0.25, 0.3) is 0 Å². The molecule has 0 saturated carbocycles. The number of nitrogens with one attached hydrogen (secondary N) is 2. The maximum absolute atomic E-state index is 13.2. The third kappa shape index (κ3) is 6.35. The summed E-state index contributed by atoms with van der Waals surface area (Å²) in [5.74, 6) is -2.65. The monoisotopic (exact) mass is 573 g/mol. The summed E-state index contributed by atoms with van der Waals surface area (Å²) in [6.45, 7) is 6.51. The SMILES string of the molecule is CSC1(C(=O)O)CS[C@@H]2C(NC(=O)C(=NOC(C)C(=O)OC(C)(C)C)c3csc(NC=O)n3)C(=O)N2C1. The number of esters is 1. The number of carbonyl (C=O) groups excluding carboxylic acids is 4. The number of amides is 3. The number of β-lactam (4-membered cyclic amide) rings is 1. The van der Waals surface area contributed by atoms with Gasteiger partial charge in [-0.25, -0.2) is 9.78 Å². The Balaban J connectivity index is 1.77. The molecule has 4 atom stereocenters. The Kier molecular flexibility index (Phi) is 8.74. The third-order valence-corrected chi connectivity index (χ3v) is 9.02. The summed E-state index contributed by atoms with van der Waals surface area (Å²) in [6.07, 6.45) is 0.952. The molecule has 0 aliphatic carbocycles. The molecular weight excluding hydrogens is 546 g/mol. The molecule has 0 bridgehead atoms. The highest BCUT2D eigenvalue weighted by atomic mass is 32.2. The fourth-order valence-electron chi connectivity index (χ4n) is 3.36. The summed E-state index contributed by atoms with van der Waals surface area (Å²) in [4.78, 5) is 71.6. The second-order valence-corrected chi connectivity index (χ2v) is 12.3. The highest BCUT2D eigenvalue weighted by molar-refractivity contribution is 8.04. The lowest BCUT2D eigenvalue weighted by Gasteiger charge is -2.53. The molecule has 1 aromatic rings. The number of aliphatic carboxylic acids is 1. The predicted molar refractivity (Wildman–Crippen MR) is 139 cm³/mol. The Morgan fingerprint density at radius 3 is 2.70 bits per heavy atom. The number of carboxylic acids is 1. The van der Waals surface area contributed by atoms with Crippen LogP contribution in [0.3, 0.4) is 0 Å². The maximum atomic E-state index is 13.2. The smallest absolute Gasteiger partial charge is 0.350 e. The van der Waals surface area contributed by atoms with Crippen molar-refractivity contribution < 1.29 is 38.7 Å². The Morgan fingerprint density at radius 2 is 2.11 bits per heavy atom. The van der Waals surface area contributed by atoms with Crippen LogP contribution < -0.4 is 10.6 Å². The molecule has 2 fully saturated rings. The van der Waals surface area contributed by atoms with Crippen LogP contribution in [-0.4, -0.2) is 97.3 Å². The number of thiazole rings is 1. The predicted octanol–water partition coefficient (Wildman–Crippen LogP) is 0.749. The van der Waals surface area contributed by atoms with Gasteiger partial charge in [-0.1, -0.05) is 5.16 Å². The second kappa shape index (κ2) is 11.3. The quantitative estimate of drug-likeness (QED) is 0.118. The lowest BCUT2D eigenvalue weighted by Crippen LogP contribution is -2.74. The normalized spacial score (nSPS) is 24.3. The first-order valence-corrected chi connectivity index (χ1v) is 14.1. The number of hydrogen-bond donors (Lipinski definition) is 3. The molecule has 13 nitrogen and oxygen atoms in total. The van der Waals surface area contributed by atoms with Gasteiger partial charge < -0.3 is 30.2 Å². The van der Waals surface area contributed by atoms with Crippen LogP contribution in [0.1, 0.15) is 33.4 Å². The van der Waals surface area contributed by atoms with Crippen LogP contribution in [0.4, 0.5) is 5.13 Å². The Hall–Kier alpha value is -2.85. The van der Waals surface area contributed by atoms with Crippen molar-refractivity contribution in [2.45, 2.75) is 55.6 Å². The molecule has 3 heterocycles. The van der Waals surface area contributed by atoms with E-state index in [9.17, 15) is 29.1 Å². The van der Waals surface area contributed by atoms with Crippen LogP contribution in [0.2, 0.25) is 0 Å². The molecule has 2 saturated heterocycles. The summed E-state index contributed by atoms with van der Waals surface area (Å²) >= 11 is 3.47. The van der Waals surface area contributed by atoms with Crippen LogP contribution in [0.15, 0.2) is 10.5 Å². The molecule has 2 aliphatic heterocycles. The zero-order valence-corrected chi connectivity index (χ0v) is 23.1. The molecule has 16 heteroatoms. The topological polar surface area (TPSA) is 177 Å². The van der Waals surface area contributed by atoms with Crippen molar-refractivity contribution in [3.8, 4) is 0 Å². The van der Waals surface area contributed by atoms with Gasteiger partial charge in [-0.3, -0.25) is 19.2 Å². The van der Waals surface area contributed by atoms with E-state index in [-0.39, 0.29) is 28.8 Å². The molecule has 3 rings (SSSR count). The van der Waals surface area contributed by atoms with Gasteiger partial charge in [0.15, 0.2) is 10.8 Å². The number of anilines is 1. The van der Waals surface area contributed by atoms with Crippen molar-refractivity contribution in [1.29, 1.82) is 0 Å². The fraction of sp³-hybridized carbons (Fsp3) is 0.571. The first kappa shape index (κ1) is 28.7. The minimum atomic E-state index is -1.15. The number of thioether (sulfide) groups is 2. The molecule has 202 valence electrons. The van der Waals surface area contributed by atoms with Gasteiger partial charge in [-0.15, -0.1) is 34.9 Å². The van der Waals surface area contributed by atoms with Crippen molar-refractivity contribution in [2.75, 3.05) is 23.9 Å². The van der Waals surface area contributed by atoms with Crippen molar-refractivity contribution >= 4 is 75.9 Å². The zero-order valence-electron chi connectivity index (χ0n) is 20.7. The Labute approximate surface area is 225 Å². The molecule has 2 aliphatic rings. The highest BCUT2D eigenvalue weighted by Crippen LogP contribution is 2.43. The average Bonchev–Trinajstić information content (AvgIpc) is 3.29. The van der Waals surface area contributed by atoms with E-state index in [1.807, 2.05) is 0 Å². The summed E-state index contributed by atoms with van der Waals surface area (Å²) in [6, 6.07) is -0.911. The number of nitrogens with zero attached hydrogens (tertiary/aromatic N) is 3. The summed E-state index contributed by atoms with van der Waals surface area (Å²) < 4.78 is 4.13. The van der Waals surface area contributed by atoms with Gasteiger partial charge >= 0.3 is 11.9 Å². The highest BCUT2D eigenvalue weighted by Gasteiger charge is 2.57. The van der Waals surface area contributed by atoms with E-state index < -0.39 is 51.6 Å². The molecule has 3 amide bonds. The maximum Gasteiger partial charge on any atom is 0.350 e. The minimum Gasteiger partial charge on any atom is -0.480 e. The van der Waals surface area contributed by atoms with Gasteiger partial charge in [0, 0.05) is 17.7 Å². The van der Waals surface area contributed by atoms with Gasteiger partial charge in [0.1, 0.15) is 27.5 Å². The first-order valence-electron chi connectivity index (χ1n) is 11.0. The molecule has 0 aromatic carbocycles. The van der Waals surface area contributed by atoms with E-state index >= 15 is 0 Å². The van der Waals surface area contributed by atoms with Crippen molar-refractivity contribution in [3.63, 3.8) is 0 Å². The van der Waals surface area contributed by atoms with E-state index in [0.717, 1.165) is 11.3 Å². The van der Waals surface area contributed by atoms with Crippen molar-refractivity contribution in [2.24, 2.45) is 5.16 Å². The van der Waals surface area contributed by atoms with Crippen molar-refractivity contribution in [3.05, 3.63) is 11.1 Å². The zero-order chi connectivity index (χ0) is 27.5. The van der Waals surface area contributed by atoms with Gasteiger partial charge in [-0.05, 0) is 34.0 Å². The lowest BCUT2D eigenvalue weighted by molar-refractivity contribution is -0.167. The fourth-order valence-corrected chi connectivity index (χ4v) is 6.53. The molecule has 3 N–H and O–H groups in total. The van der Waals surface area contributed by atoms with Gasteiger partial charge in [-0.2, -0.15) is 0 Å². The van der Waals surface area contributed by atoms with E-state index in [1.54, 1.807) is 27.0 Å². The molecule has 0 spiro atoms. The average molecular weight is 574 g/mol. The number of carboxylic acid groups (broad SMARTS) is 1. The van der Waals surface area contributed by atoms with Gasteiger partial charge in [0.05, 0.1) is 0 Å². The molecule has 1 aromatic heterocycles. The number of carbonyl (C=O) groups is 5.